The summed E-state index contributed by atoms with van der Waals surface area (Å²) in [6, 6.07) is 6.73. The summed E-state index contributed by atoms with van der Waals surface area (Å²) in [5.41, 5.74) is 0.702. The number of nitrogens with zero attached hydrogens (tertiary/aromatic N) is 4. The molecule has 1 aromatic carbocycles. The van der Waals surface area contributed by atoms with Crippen LogP contribution in [-0.2, 0) is 9.59 Å². The zero-order chi connectivity index (χ0) is 21.8. The number of likely N-dealkylation sites (tertiary alicyclic amines) is 1. The average molecular weight is 444 g/mol. The summed E-state index contributed by atoms with van der Waals surface area (Å²) in [7, 11) is 0. The Bertz CT molecular complexity index is 943. The van der Waals surface area contributed by atoms with Crippen molar-refractivity contribution in [3.63, 3.8) is 0 Å². The van der Waals surface area contributed by atoms with Crippen LogP contribution in [0.1, 0.15) is 25.7 Å². The van der Waals surface area contributed by atoms with Crippen LogP contribution in [0.25, 0.3) is 0 Å². The molecular formula is C21H25N5O4S. The summed E-state index contributed by atoms with van der Waals surface area (Å²) < 4.78 is 0. The molecule has 2 aromatic rings. The molecule has 3 heterocycles. The lowest BCUT2D eigenvalue weighted by Crippen LogP contribution is -2.48. The van der Waals surface area contributed by atoms with E-state index in [1.807, 2.05) is 15.2 Å². The van der Waals surface area contributed by atoms with Crippen molar-refractivity contribution in [3.05, 3.63) is 46.0 Å². The van der Waals surface area contributed by atoms with E-state index in [9.17, 15) is 19.7 Å². The number of carbonyl (C=O) groups excluding carboxylic acids is 2. The van der Waals surface area contributed by atoms with Crippen LogP contribution in [0.3, 0.4) is 0 Å². The van der Waals surface area contributed by atoms with Gasteiger partial charge in [0.2, 0.25) is 11.8 Å². The average Bonchev–Trinajstić information content (AvgIpc) is 3.32. The zero-order valence-electron chi connectivity index (χ0n) is 17.1. The number of anilines is 2. The molecule has 1 atom stereocenters. The maximum absolute atomic E-state index is 13.1. The molecule has 1 aromatic heterocycles. The Morgan fingerprint density at radius 1 is 1.13 bits per heavy atom. The molecule has 0 spiro atoms. The molecule has 0 aliphatic carbocycles. The third kappa shape index (κ3) is 4.84. The van der Waals surface area contributed by atoms with E-state index in [1.54, 1.807) is 24.4 Å². The number of hydrogen-bond donors (Lipinski definition) is 1. The Balaban J connectivity index is 1.33. The first-order chi connectivity index (χ1) is 15.0. The molecule has 4 rings (SSSR count). The largest absolute Gasteiger partial charge is 0.366 e. The molecule has 31 heavy (non-hydrogen) atoms. The highest BCUT2D eigenvalue weighted by Crippen LogP contribution is 2.32. The number of rotatable bonds is 5. The predicted octanol–water partition coefficient (Wildman–Crippen LogP) is 3.15. The molecule has 10 heteroatoms. The molecule has 0 saturated carbocycles. The zero-order valence-corrected chi connectivity index (χ0v) is 17.9. The fourth-order valence-electron chi connectivity index (χ4n) is 4.40. The Morgan fingerprint density at radius 3 is 2.61 bits per heavy atom. The molecule has 1 unspecified atom stereocenters. The predicted molar refractivity (Wildman–Crippen MR) is 118 cm³/mol. The molecule has 2 aliphatic heterocycles. The Hall–Kier alpha value is -3.01. The van der Waals surface area contributed by atoms with Crippen molar-refractivity contribution in [2.75, 3.05) is 36.4 Å². The second-order valence-corrected chi connectivity index (χ2v) is 8.85. The standard InChI is InChI=1S/C21H25N5O4S/c27-19(23-21-22-9-13-31-21)16-4-3-10-25(14-16)20(28)15-7-11-24(12-8-15)17-5-1-2-6-18(17)26(29)30/h1-2,5-6,9,13,15-16H,3-4,7-8,10-12,14H2,(H,22,23,27). The number of nitro benzene ring substituents is 1. The van der Waals surface area contributed by atoms with Gasteiger partial charge in [0, 0.05) is 49.7 Å². The number of benzene rings is 1. The first kappa shape index (κ1) is 21.2. The van der Waals surface area contributed by atoms with Crippen molar-refractivity contribution in [1.29, 1.82) is 0 Å². The minimum Gasteiger partial charge on any atom is -0.366 e. The highest BCUT2D eigenvalue weighted by Gasteiger charge is 2.34. The summed E-state index contributed by atoms with van der Waals surface area (Å²) in [6.45, 7) is 2.30. The van der Waals surface area contributed by atoms with Crippen LogP contribution >= 0.6 is 11.3 Å². The van der Waals surface area contributed by atoms with Gasteiger partial charge in [0.15, 0.2) is 5.13 Å². The summed E-state index contributed by atoms with van der Waals surface area (Å²) in [4.78, 5) is 44.5. The summed E-state index contributed by atoms with van der Waals surface area (Å²) in [5.74, 6) is -0.332. The van der Waals surface area contributed by atoms with E-state index in [0.29, 0.717) is 49.8 Å². The number of thiazole rings is 1. The van der Waals surface area contributed by atoms with Crippen molar-refractivity contribution < 1.29 is 14.5 Å². The van der Waals surface area contributed by atoms with E-state index in [-0.39, 0.29) is 34.3 Å². The van der Waals surface area contributed by atoms with Gasteiger partial charge in [-0.25, -0.2) is 4.98 Å². The molecule has 2 aliphatic rings. The van der Waals surface area contributed by atoms with Gasteiger partial charge in [0.25, 0.3) is 5.69 Å². The fourth-order valence-corrected chi connectivity index (χ4v) is 4.93. The van der Waals surface area contributed by atoms with Crippen LogP contribution in [0.4, 0.5) is 16.5 Å². The van der Waals surface area contributed by atoms with Gasteiger partial charge in [-0.05, 0) is 31.7 Å². The molecule has 2 saturated heterocycles. The number of nitro groups is 1. The summed E-state index contributed by atoms with van der Waals surface area (Å²) >= 11 is 1.38. The number of hydrogen-bond acceptors (Lipinski definition) is 7. The van der Waals surface area contributed by atoms with Crippen molar-refractivity contribution >= 4 is 39.7 Å². The number of carbonyl (C=O) groups is 2. The van der Waals surface area contributed by atoms with Gasteiger partial charge in [-0.1, -0.05) is 12.1 Å². The number of para-hydroxylation sites is 2. The molecule has 1 N–H and O–H groups in total. The molecular weight excluding hydrogens is 418 g/mol. The lowest BCUT2D eigenvalue weighted by molar-refractivity contribution is -0.384. The Kier molecular flexibility index (Phi) is 6.45. The van der Waals surface area contributed by atoms with Crippen LogP contribution in [-0.4, -0.2) is 52.8 Å². The van der Waals surface area contributed by atoms with E-state index in [0.717, 1.165) is 12.8 Å². The van der Waals surface area contributed by atoms with E-state index < -0.39 is 0 Å². The number of amides is 2. The molecule has 0 bridgehead atoms. The maximum Gasteiger partial charge on any atom is 0.292 e. The highest BCUT2D eigenvalue weighted by molar-refractivity contribution is 7.13. The van der Waals surface area contributed by atoms with Gasteiger partial charge < -0.3 is 15.1 Å². The van der Waals surface area contributed by atoms with Crippen molar-refractivity contribution in [3.8, 4) is 0 Å². The quantitative estimate of drug-likeness (QED) is 0.562. The van der Waals surface area contributed by atoms with Crippen molar-refractivity contribution in [1.82, 2.24) is 9.88 Å². The minimum atomic E-state index is -0.364. The molecule has 9 nitrogen and oxygen atoms in total. The number of nitrogens with one attached hydrogen (secondary N) is 1. The van der Waals surface area contributed by atoms with E-state index in [2.05, 4.69) is 10.3 Å². The normalized spacial score (nSPS) is 19.8. The lowest BCUT2D eigenvalue weighted by atomic mass is 9.91. The van der Waals surface area contributed by atoms with E-state index in [4.69, 9.17) is 0 Å². The smallest absolute Gasteiger partial charge is 0.292 e. The van der Waals surface area contributed by atoms with Crippen LogP contribution in [0.15, 0.2) is 35.8 Å². The fraction of sp³-hybridized carbons (Fsp3) is 0.476. The monoisotopic (exact) mass is 443 g/mol. The Morgan fingerprint density at radius 2 is 1.90 bits per heavy atom. The minimum absolute atomic E-state index is 0.0846. The number of piperidine rings is 2. The van der Waals surface area contributed by atoms with Crippen LogP contribution in [0.5, 0.6) is 0 Å². The maximum atomic E-state index is 13.1. The van der Waals surface area contributed by atoms with Gasteiger partial charge >= 0.3 is 0 Å². The van der Waals surface area contributed by atoms with E-state index >= 15 is 0 Å². The molecule has 2 amide bonds. The Labute approximate surface area is 184 Å². The van der Waals surface area contributed by atoms with Crippen molar-refractivity contribution in [2.24, 2.45) is 11.8 Å². The highest BCUT2D eigenvalue weighted by atomic mass is 32.1. The van der Waals surface area contributed by atoms with Crippen molar-refractivity contribution in [2.45, 2.75) is 25.7 Å². The molecule has 2 fully saturated rings. The third-order valence-electron chi connectivity index (χ3n) is 6.03. The molecule has 164 valence electrons. The van der Waals surface area contributed by atoms with Crippen LogP contribution in [0, 0.1) is 22.0 Å². The van der Waals surface area contributed by atoms with Gasteiger partial charge in [-0.15, -0.1) is 11.3 Å². The van der Waals surface area contributed by atoms with Crippen LogP contribution < -0.4 is 10.2 Å². The number of aromatic nitrogens is 1. The van der Waals surface area contributed by atoms with Gasteiger partial charge in [0.05, 0.1) is 10.8 Å². The topological polar surface area (TPSA) is 109 Å². The summed E-state index contributed by atoms with van der Waals surface area (Å²) in [6.07, 6.45) is 4.51. The first-order valence-corrected chi connectivity index (χ1v) is 11.4. The summed E-state index contributed by atoms with van der Waals surface area (Å²) in [5, 5.41) is 16.5. The van der Waals surface area contributed by atoms with Gasteiger partial charge in [0.1, 0.15) is 5.69 Å². The third-order valence-corrected chi connectivity index (χ3v) is 6.72. The van der Waals surface area contributed by atoms with Crippen LogP contribution in [0.2, 0.25) is 0 Å². The lowest BCUT2D eigenvalue weighted by Gasteiger charge is -2.37. The van der Waals surface area contributed by atoms with E-state index in [1.165, 1.54) is 17.4 Å². The molecule has 0 radical (unpaired) electrons. The van der Waals surface area contributed by atoms with Gasteiger partial charge in [-0.2, -0.15) is 0 Å². The second-order valence-electron chi connectivity index (χ2n) is 7.96. The van der Waals surface area contributed by atoms with Gasteiger partial charge in [-0.3, -0.25) is 19.7 Å². The first-order valence-electron chi connectivity index (χ1n) is 10.5. The second kappa shape index (κ2) is 9.42. The SMILES string of the molecule is O=C(Nc1nccs1)C1CCCN(C(=O)C2CCN(c3ccccc3[N+](=O)[O-])CC2)C1.